The van der Waals surface area contributed by atoms with Crippen LogP contribution in [0.4, 0.5) is 8.78 Å². The lowest BCUT2D eigenvalue weighted by atomic mass is 9.81. The maximum absolute atomic E-state index is 15.5. The van der Waals surface area contributed by atoms with Gasteiger partial charge in [-0.3, -0.25) is 14.4 Å². The number of nitrogens with two attached hydrogens (primary N) is 3. The van der Waals surface area contributed by atoms with Crippen molar-refractivity contribution in [3.05, 3.63) is 98.8 Å². The fourth-order valence-corrected chi connectivity index (χ4v) is 7.67. The third kappa shape index (κ3) is 9.32. The minimum absolute atomic E-state index is 0.0160. The first-order valence-electron chi connectivity index (χ1n) is 15.3. The number of primary sulfonamides is 1. The van der Waals surface area contributed by atoms with Gasteiger partial charge in [0.15, 0.2) is 22.7 Å². The molecule has 0 aliphatic heterocycles. The second kappa shape index (κ2) is 16.5. The number of amides is 1. The monoisotopic (exact) mass is 797 g/mol. The molecule has 19 heteroatoms. The molecule has 0 bridgehead atoms. The molecule has 1 heterocycles. The number of methoxy groups -OCH3 is 1. The van der Waals surface area contributed by atoms with Gasteiger partial charge in [0, 0.05) is 39.9 Å². The van der Waals surface area contributed by atoms with Gasteiger partial charge in [0.1, 0.15) is 16.8 Å². The summed E-state index contributed by atoms with van der Waals surface area (Å²) in [5, 5.41) is 17.4. The average molecular weight is 799 g/mol. The predicted molar refractivity (Wildman–Crippen MR) is 195 cm³/mol. The second-order valence-electron chi connectivity index (χ2n) is 11.9. The van der Waals surface area contributed by atoms with Crippen molar-refractivity contribution in [1.29, 1.82) is 0 Å². The maximum Gasteiger partial charge on any atom is 0.326 e. The first kappa shape index (κ1) is 40.4. The van der Waals surface area contributed by atoms with Crippen LogP contribution in [0.15, 0.2) is 69.8 Å². The van der Waals surface area contributed by atoms with Gasteiger partial charge < -0.3 is 26.6 Å². The van der Waals surface area contributed by atoms with Crippen LogP contribution in [-0.2, 0) is 26.0 Å². The zero-order valence-corrected chi connectivity index (χ0v) is 31.1. The number of aliphatic carboxylic acids is 1. The fourth-order valence-electron chi connectivity index (χ4n) is 5.19. The zero-order chi connectivity index (χ0) is 38.5. The number of aromatic nitrogens is 2. The highest BCUT2D eigenvalue weighted by molar-refractivity contribution is 7.98. The number of hydrogen-bond acceptors (Lipinski definition) is 8. The maximum atomic E-state index is 15.5. The van der Waals surface area contributed by atoms with E-state index in [9.17, 15) is 27.5 Å². The number of sulfonamides is 1. The number of nitrogens with one attached hydrogen (secondary N) is 1. The fraction of sp³-hybridized carbons (Fsp3) is 0.273. The lowest BCUT2D eigenvalue weighted by Crippen LogP contribution is -2.41. The molecule has 0 saturated heterocycles. The van der Waals surface area contributed by atoms with Gasteiger partial charge in [0.2, 0.25) is 10.0 Å². The lowest BCUT2D eigenvalue weighted by Gasteiger charge is -2.28. The highest BCUT2D eigenvalue weighted by atomic mass is 35.5. The number of hydrogen-bond donors (Lipinski definition) is 5. The van der Waals surface area contributed by atoms with Crippen molar-refractivity contribution in [1.82, 2.24) is 14.9 Å². The van der Waals surface area contributed by atoms with E-state index >= 15 is 4.39 Å². The number of ether oxygens (including phenoxy) is 1. The molecule has 1 aromatic heterocycles. The molecule has 0 radical (unpaired) electrons. The van der Waals surface area contributed by atoms with Crippen LogP contribution in [0, 0.1) is 11.6 Å². The molecule has 1 unspecified atom stereocenters. The van der Waals surface area contributed by atoms with Crippen molar-refractivity contribution in [3.63, 3.8) is 0 Å². The Morgan fingerprint density at radius 1 is 1.10 bits per heavy atom. The van der Waals surface area contributed by atoms with Crippen molar-refractivity contribution < 1.29 is 36.6 Å². The van der Waals surface area contributed by atoms with E-state index in [0.717, 1.165) is 17.8 Å². The van der Waals surface area contributed by atoms with E-state index in [1.807, 2.05) is 13.8 Å². The number of rotatable bonds is 15. The first-order valence-corrected chi connectivity index (χ1v) is 18.6. The van der Waals surface area contributed by atoms with E-state index in [1.165, 1.54) is 43.5 Å². The number of carbonyl (C=O) groups excluding carboxylic acids is 1. The topological polar surface area (TPSA) is 218 Å². The summed E-state index contributed by atoms with van der Waals surface area (Å²) in [6.07, 6.45) is 1.85. The van der Waals surface area contributed by atoms with Crippen molar-refractivity contribution in [2.24, 2.45) is 21.6 Å². The molecular formula is C33H35Cl2F2N7O6S2. The SMILES string of the molecule is COc1cc(-n2c(C(C)(C)c3ccc(S(N)(=O)=O)c(Cl)c3)cnc2SCc2c(F)cc(C(=O)NC(CCCN=C(N)N)C(=O)O)cc2Cl)ccc1F. The summed E-state index contributed by atoms with van der Waals surface area (Å²) in [4.78, 5) is 32.8. The number of thioether (sulfide) groups is 1. The summed E-state index contributed by atoms with van der Waals surface area (Å²) < 4.78 is 60.9. The molecule has 0 aliphatic rings. The van der Waals surface area contributed by atoms with Gasteiger partial charge in [-0.25, -0.2) is 32.1 Å². The molecule has 8 N–H and O–H groups in total. The molecule has 0 saturated carbocycles. The van der Waals surface area contributed by atoms with Gasteiger partial charge >= 0.3 is 5.97 Å². The Hall–Kier alpha value is -4.42. The van der Waals surface area contributed by atoms with E-state index in [4.69, 9.17) is 44.5 Å². The Balaban J connectivity index is 1.66. The Morgan fingerprint density at radius 3 is 2.40 bits per heavy atom. The first-order chi connectivity index (χ1) is 24.3. The molecular weight excluding hydrogens is 763 g/mol. The predicted octanol–water partition coefficient (Wildman–Crippen LogP) is 4.97. The van der Waals surface area contributed by atoms with Crippen molar-refractivity contribution in [3.8, 4) is 11.4 Å². The quantitative estimate of drug-likeness (QED) is 0.0471. The molecule has 0 spiro atoms. The van der Waals surface area contributed by atoms with Crippen molar-refractivity contribution in [2.75, 3.05) is 13.7 Å². The third-order valence-electron chi connectivity index (χ3n) is 8.02. The van der Waals surface area contributed by atoms with Crippen LogP contribution in [0.3, 0.4) is 0 Å². The summed E-state index contributed by atoms with van der Waals surface area (Å²) in [6, 6.07) is 9.44. The number of imidazole rings is 1. The van der Waals surface area contributed by atoms with E-state index in [2.05, 4.69) is 15.3 Å². The minimum atomic E-state index is -4.08. The molecule has 0 aliphatic carbocycles. The van der Waals surface area contributed by atoms with E-state index < -0.39 is 45.0 Å². The van der Waals surface area contributed by atoms with Crippen molar-refractivity contribution >= 4 is 62.8 Å². The highest BCUT2D eigenvalue weighted by Gasteiger charge is 2.31. The van der Waals surface area contributed by atoms with Crippen molar-refractivity contribution in [2.45, 2.75) is 54.0 Å². The Bertz CT molecular complexity index is 2120. The lowest BCUT2D eigenvalue weighted by molar-refractivity contribution is -0.139. The highest BCUT2D eigenvalue weighted by Crippen LogP contribution is 2.39. The van der Waals surface area contributed by atoms with Crippen LogP contribution in [0.2, 0.25) is 10.0 Å². The molecule has 13 nitrogen and oxygen atoms in total. The van der Waals surface area contributed by atoms with Crippen LogP contribution in [0.1, 0.15) is 53.9 Å². The third-order valence-corrected chi connectivity index (χ3v) is 10.7. The summed E-state index contributed by atoms with van der Waals surface area (Å²) in [7, 11) is -2.77. The largest absolute Gasteiger partial charge is 0.494 e. The van der Waals surface area contributed by atoms with E-state index in [1.54, 1.807) is 16.8 Å². The van der Waals surface area contributed by atoms with Gasteiger partial charge in [-0.2, -0.15) is 0 Å². The van der Waals surface area contributed by atoms with Gasteiger partial charge in [-0.15, -0.1) is 0 Å². The number of carboxylic acid groups (broad SMARTS) is 1. The zero-order valence-electron chi connectivity index (χ0n) is 28.0. The standard InChI is InChI=1S/C33H35Cl2F2N7O6S2/c1-33(2,18-6-9-27(22(35)13-18)52(40,48)49)28-15-42-32(44(28)19-7-8-23(36)26(14-19)50-3)51-16-20-21(34)11-17(12-24(20)37)29(45)43-25(30(46)47)5-4-10-41-31(38)39/h6-9,11-15,25H,4-5,10,16H2,1-3H3,(H,43,45)(H,46,47)(H4,38,39,41)(H2,40,48,49). The average Bonchev–Trinajstić information content (AvgIpc) is 3.49. The molecule has 0 fully saturated rings. The summed E-state index contributed by atoms with van der Waals surface area (Å²) in [5.74, 6) is -3.84. The Labute approximate surface area is 312 Å². The van der Waals surface area contributed by atoms with Crippen LogP contribution in [0.5, 0.6) is 5.75 Å². The Morgan fingerprint density at radius 2 is 1.81 bits per heavy atom. The van der Waals surface area contributed by atoms with Gasteiger partial charge in [0.05, 0.1) is 29.7 Å². The summed E-state index contributed by atoms with van der Waals surface area (Å²) in [6.45, 7) is 3.85. The molecule has 3 aromatic carbocycles. The number of aliphatic imine (C=N–C) groups is 1. The smallest absolute Gasteiger partial charge is 0.326 e. The van der Waals surface area contributed by atoms with Crippen LogP contribution >= 0.6 is 35.0 Å². The summed E-state index contributed by atoms with van der Waals surface area (Å²) >= 11 is 13.9. The van der Waals surface area contributed by atoms with E-state index in [0.29, 0.717) is 22.1 Å². The summed E-state index contributed by atoms with van der Waals surface area (Å²) in [5.41, 5.74) is 11.1. The normalized spacial score (nSPS) is 12.3. The number of nitrogens with zero attached hydrogens (tertiary/aromatic N) is 3. The van der Waals surface area contributed by atoms with Crippen LogP contribution < -0.4 is 26.7 Å². The van der Waals surface area contributed by atoms with Crippen LogP contribution in [-0.4, -0.2) is 60.6 Å². The van der Waals surface area contributed by atoms with Gasteiger partial charge in [-0.05, 0) is 54.8 Å². The number of benzene rings is 3. The molecule has 52 heavy (non-hydrogen) atoms. The number of guanidine groups is 1. The molecule has 4 aromatic rings. The van der Waals surface area contributed by atoms with Crippen LogP contribution in [0.25, 0.3) is 5.69 Å². The molecule has 278 valence electrons. The van der Waals surface area contributed by atoms with E-state index in [-0.39, 0.29) is 62.9 Å². The molecule has 4 rings (SSSR count). The number of halogens is 4. The molecule has 1 amide bonds. The minimum Gasteiger partial charge on any atom is -0.494 e. The number of carboxylic acids is 1. The van der Waals surface area contributed by atoms with Gasteiger partial charge in [0.25, 0.3) is 5.91 Å². The van der Waals surface area contributed by atoms with Gasteiger partial charge in [-0.1, -0.05) is 54.9 Å². The number of carbonyl (C=O) groups is 2. The Kier molecular flexibility index (Phi) is 12.8. The second-order valence-corrected chi connectivity index (χ2v) is 15.2. The molecule has 1 atom stereocenters.